The van der Waals surface area contributed by atoms with Crippen LogP contribution in [0.1, 0.15) is 79.8 Å². The summed E-state index contributed by atoms with van der Waals surface area (Å²) in [5.74, 6) is -0.806. The molecule has 2 nitrogen and oxygen atoms in total. The maximum absolute atomic E-state index is 11.2. The molecule has 1 N–H and O–H groups in total. The van der Waals surface area contributed by atoms with Gasteiger partial charge in [-0.2, -0.15) is 0 Å². The minimum absolute atomic E-state index is 0.471. The van der Waals surface area contributed by atoms with Gasteiger partial charge < -0.3 is 5.11 Å². The molecule has 0 saturated carbocycles. The first-order valence-electron chi connectivity index (χ1n) is 7.98. The number of carboxylic acids is 1. The molecule has 0 saturated heterocycles. The van der Waals surface area contributed by atoms with Crippen molar-refractivity contribution in [2.24, 2.45) is 0 Å². The summed E-state index contributed by atoms with van der Waals surface area (Å²) in [7, 11) is 0. The molecule has 0 aliphatic carbocycles. The van der Waals surface area contributed by atoms with E-state index in [9.17, 15) is 9.90 Å². The van der Waals surface area contributed by atoms with Crippen LogP contribution >= 0.6 is 0 Å². The van der Waals surface area contributed by atoms with Crippen LogP contribution in [0.25, 0.3) is 0 Å². The highest BCUT2D eigenvalue weighted by Gasteiger charge is 2.09. The summed E-state index contributed by atoms with van der Waals surface area (Å²) in [6.07, 6.45) is 11.1. The van der Waals surface area contributed by atoms with Crippen molar-refractivity contribution in [1.29, 1.82) is 0 Å². The Labute approximate surface area is 123 Å². The number of aromatic carboxylic acids is 1. The van der Waals surface area contributed by atoms with Gasteiger partial charge in [0.05, 0.1) is 5.56 Å². The van der Waals surface area contributed by atoms with E-state index in [2.05, 4.69) is 6.92 Å². The molecule has 20 heavy (non-hydrogen) atoms. The molecule has 0 fully saturated rings. The molecule has 1 rings (SSSR count). The molecule has 0 bridgehead atoms. The minimum Gasteiger partial charge on any atom is -0.478 e. The molecule has 112 valence electrons. The second-order valence-corrected chi connectivity index (χ2v) is 5.69. The van der Waals surface area contributed by atoms with Gasteiger partial charge in [-0.3, -0.25) is 0 Å². The normalized spacial score (nSPS) is 10.7. The third-order valence-electron chi connectivity index (χ3n) is 3.79. The van der Waals surface area contributed by atoms with E-state index in [0.717, 1.165) is 24.0 Å². The molecule has 1 aromatic rings. The van der Waals surface area contributed by atoms with Crippen LogP contribution in [-0.4, -0.2) is 11.1 Å². The van der Waals surface area contributed by atoms with E-state index < -0.39 is 5.97 Å². The van der Waals surface area contributed by atoms with Gasteiger partial charge >= 0.3 is 5.97 Å². The van der Waals surface area contributed by atoms with Gasteiger partial charge in [0.1, 0.15) is 0 Å². The predicted molar refractivity (Wildman–Crippen MR) is 84.5 cm³/mol. The minimum atomic E-state index is -0.806. The van der Waals surface area contributed by atoms with Gasteiger partial charge in [-0.25, -0.2) is 4.79 Å². The highest BCUT2D eigenvalue weighted by Crippen LogP contribution is 2.16. The van der Waals surface area contributed by atoms with Crippen molar-refractivity contribution in [2.75, 3.05) is 0 Å². The van der Waals surface area contributed by atoms with Crippen LogP contribution < -0.4 is 0 Å². The fourth-order valence-corrected chi connectivity index (χ4v) is 2.59. The van der Waals surface area contributed by atoms with Crippen LogP contribution in [0.15, 0.2) is 18.2 Å². The van der Waals surface area contributed by atoms with Gasteiger partial charge in [-0.1, -0.05) is 69.6 Å². The Morgan fingerprint density at radius 2 is 1.60 bits per heavy atom. The van der Waals surface area contributed by atoms with E-state index in [-0.39, 0.29) is 0 Å². The number of benzene rings is 1. The maximum atomic E-state index is 11.2. The Hall–Kier alpha value is -1.31. The summed E-state index contributed by atoms with van der Waals surface area (Å²) < 4.78 is 0. The molecule has 2 heteroatoms. The average Bonchev–Trinajstić information content (AvgIpc) is 2.41. The van der Waals surface area contributed by atoms with Crippen LogP contribution in [0.4, 0.5) is 0 Å². The molecule has 0 spiro atoms. The topological polar surface area (TPSA) is 37.3 Å². The standard InChI is InChI=1S/C18H28O2/c1-3-4-5-6-7-8-9-10-11-16-14-15(2)12-13-17(16)18(19)20/h12-14H,3-11H2,1-2H3,(H,19,20). The molecule has 0 heterocycles. The van der Waals surface area contributed by atoms with Gasteiger partial charge in [0.25, 0.3) is 0 Å². The monoisotopic (exact) mass is 276 g/mol. The lowest BCUT2D eigenvalue weighted by Crippen LogP contribution is -2.03. The van der Waals surface area contributed by atoms with Crippen molar-refractivity contribution in [3.63, 3.8) is 0 Å². The van der Waals surface area contributed by atoms with Crippen LogP contribution in [-0.2, 0) is 6.42 Å². The number of rotatable bonds is 10. The molecule has 0 radical (unpaired) electrons. The Morgan fingerprint density at radius 3 is 2.20 bits per heavy atom. The fraction of sp³-hybridized carbons (Fsp3) is 0.611. The van der Waals surface area contributed by atoms with Gasteiger partial charge in [0, 0.05) is 0 Å². The molecule has 0 atom stereocenters. The van der Waals surface area contributed by atoms with E-state index in [1.54, 1.807) is 6.07 Å². The zero-order valence-electron chi connectivity index (χ0n) is 13.0. The Kier molecular flexibility index (Phi) is 8.01. The lowest BCUT2D eigenvalue weighted by atomic mass is 9.98. The predicted octanol–water partition coefficient (Wildman–Crippen LogP) is 5.38. The summed E-state index contributed by atoms with van der Waals surface area (Å²) in [6, 6.07) is 5.63. The van der Waals surface area contributed by atoms with Gasteiger partial charge in [0.15, 0.2) is 0 Å². The summed E-state index contributed by atoms with van der Waals surface area (Å²) >= 11 is 0. The fourth-order valence-electron chi connectivity index (χ4n) is 2.59. The third kappa shape index (κ3) is 6.23. The number of aryl methyl sites for hydroxylation is 2. The first-order valence-corrected chi connectivity index (χ1v) is 7.98. The molecule has 0 aliphatic heterocycles. The van der Waals surface area contributed by atoms with E-state index in [1.807, 2.05) is 19.1 Å². The Balaban J connectivity index is 2.28. The maximum Gasteiger partial charge on any atom is 0.335 e. The van der Waals surface area contributed by atoms with E-state index in [4.69, 9.17) is 0 Å². The molecular weight excluding hydrogens is 248 g/mol. The highest BCUT2D eigenvalue weighted by atomic mass is 16.4. The number of carbonyl (C=O) groups is 1. The molecule has 0 aromatic heterocycles. The van der Waals surface area contributed by atoms with Crippen molar-refractivity contribution in [1.82, 2.24) is 0 Å². The van der Waals surface area contributed by atoms with Crippen molar-refractivity contribution < 1.29 is 9.90 Å². The quantitative estimate of drug-likeness (QED) is 0.583. The van der Waals surface area contributed by atoms with Crippen LogP contribution in [0.3, 0.4) is 0 Å². The first-order chi connectivity index (χ1) is 9.65. The van der Waals surface area contributed by atoms with E-state index in [1.165, 1.54) is 44.9 Å². The number of hydrogen-bond acceptors (Lipinski definition) is 1. The third-order valence-corrected chi connectivity index (χ3v) is 3.79. The molecule has 0 aliphatic rings. The lowest BCUT2D eigenvalue weighted by Gasteiger charge is -2.07. The van der Waals surface area contributed by atoms with Crippen LogP contribution in [0.5, 0.6) is 0 Å². The highest BCUT2D eigenvalue weighted by molar-refractivity contribution is 5.89. The molecule has 0 unspecified atom stereocenters. The summed E-state index contributed by atoms with van der Waals surface area (Å²) in [4.78, 5) is 11.2. The summed E-state index contributed by atoms with van der Waals surface area (Å²) in [6.45, 7) is 4.25. The first kappa shape index (κ1) is 16.7. The smallest absolute Gasteiger partial charge is 0.335 e. The second-order valence-electron chi connectivity index (χ2n) is 5.69. The summed E-state index contributed by atoms with van der Waals surface area (Å²) in [5.41, 5.74) is 2.60. The number of unbranched alkanes of at least 4 members (excludes halogenated alkanes) is 7. The molecule has 0 amide bonds. The van der Waals surface area contributed by atoms with Crippen molar-refractivity contribution in [3.05, 3.63) is 34.9 Å². The molecular formula is C18H28O2. The SMILES string of the molecule is CCCCCCCCCCc1cc(C)ccc1C(=O)O. The van der Waals surface area contributed by atoms with E-state index in [0.29, 0.717) is 5.56 Å². The van der Waals surface area contributed by atoms with Crippen molar-refractivity contribution >= 4 is 5.97 Å². The van der Waals surface area contributed by atoms with Crippen molar-refractivity contribution in [3.8, 4) is 0 Å². The van der Waals surface area contributed by atoms with Gasteiger partial charge in [-0.15, -0.1) is 0 Å². The Morgan fingerprint density at radius 1 is 1.00 bits per heavy atom. The van der Waals surface area contributed by atoms with Crippen LogP contribution in [0.2, 0.25) is 0 Å². The number of carboxylic acid groups (broad SMARTS) is 1. The average molecular weight is 276 g/mol. The number of hydrogen-bond donors (Lipinski definition) is 1. The molecule has 1 aromatic carbocycles. The van der Waals surface area contributed by atoms with E-state index >= 15 is 0 Å². The zero-order chi connectivity index (χ0) is 14.8. The van der Waals surface area contributed by atoms with Gasteiger partial charge in [-0.05, 0) is 31.4 Å². The lowest BCUT2D eigenvalue weighted by molar-refractivity contribution is 0.0695. The Bertz CT molecular complexity index is 410. The van der Waals surface area contributed by atoms with Crippen LogP contribution in [0, 0.1) is 6.92 Å². The second kappa shape index (κ2) is 9.57. The largest absolute Gasteiger partial charge is 0.478 e. The summed E-state index contributed by atoms with van der Waals surface area (Å²) in [5, 5.41) is 9.18. The van der Waals surface area contributed by atoms with Gasteiger partial charge in [0.2, 0.25) is 0 Å². The zero-order valence-corrected chi connectivity index (χ0v) is 13.0. The van der Waals surface area contributed by atoms with Crippen molar-refractivity contribution in [2.45, 2.75) is 71.6 Å².